The summed E-state index contributed by atoms with van der Waals surface area (Å²) in [6.07, 6.45) is -0.692. The lowest BCUT2D eigenvalue weighted by atomic mass is 9.86. The van der Waals surface area contributed by atoms with E-state index in [0.717, 1.165) is 21.7 Å². The van der Waals surface area contributed by atoms with Crippen LogP contribution in [0.3, 0.4) is 0 Å². The molecule has 1 saturated heterocycles. The van der Waals surface area contributed by atoms with E-state index in [9.17, 15) is 19.6 Å². The van der Waals surface area contributed by atoms with Crippen LogP contribution in [0.15, 0.2) is 35.0 Å². The molecule has 0 spiro atoms. The van der Waals surface area contributed by atoms with Gasteiger partial charge in [0.2, 0.25) is 5.91 Å². The molecule has 2 amide bonds. The van der Waals surface area contributed by atoms with Gasteiger partial charge < -0.3 is 15.3 Å². The lowest BCUT2D eigenvalue weighted by Gasteiger charge is -2.31. The van der Waals surface area contributed by atoms with Crippen molar-refractivity contribution >= 4 is 23.2 Å². The molecule has 2 heterocycles. The Hall–Kier alpha value is -2.65. The van der Waals surface area contributed by atoms with Crippen LogP contribution in [0.1, 0.15) is 51.4 Å². The Labute approximate surface area is 192 Å². The summed E-state index contributed by atoms with van der Waals surface area (Å²) in [4.78, 5) is 44.0. The van der Waals surface area contributed by atoms with Crippen LogP contribution in [0.5, 0.6) is 0 Å². The number of rotatable bonds is 6. The molecule has 0 saturated carbocycles. The van der Waals surface area contributed by atoms with Crippen molar-refractivity contribution in [3.05, 3.63) is 45.9 Å². The third kappa shape index (κ3) is 5.05. The van der Waals surface area contributed by atoms with E-state index in [4.69, 9.17) is 0 Å². The highest BCUT2D eigenvalue weighted by molar-refractivity contribution is 7.13. The van der Waals surface area contributed by atoms with E-state index in [1.54, 1.807) is 32.1 Å². The van der Waals surface area contributed by atoms with Crippen LogP contribution in [-0.2, 0) is 9.59 Å². The largest absolute Gasteiger partial charge is 0.391 e. The van der Waals surface area contributed by atoms with Crippen LogP contribution in [0.25, 0.3) is 10.4 Å². The van der Waals surface area contributed by atoms with Crippen molar-refractivity contribution in [3.8, 4) is 10.4 Å². The van der Waals surface area contributed by atoms with Crippen molar-refractivity contribution in [3.63, 3.8) is 0 Å². The number of carbonyl (C=O) groups excluding carboxylic acids is 2. The van der Waals surface area contributed by atoms with Gasteiger partial charge in [-0.15, -0.1) is 16.2 Å². The molecule has 1 aromatic heterocycles. The summed E-state index contributed by atoms with van der Waals surface area (Å²) < 4.78 is 0. The maximum Gasteiger partial charge on any atom is 0.252 e. The Bertz CT molecular complexity index is 983. The number of likely N-dealkylation sites (tertiary alicyclic amines) is 1. The Balaban J connectivity index is 1.71. The van der Waals surface area contributed by atoms with Crippen LogP contribution in [0, 0.1) is 17.2 Å². The highest BCUT2D eigenvalue weighted by Gasteiger charge is 2.44. The number of aromatic nitrogens is 1. The number of amides is 2. The van der Waals surface area contributed by atoms with Gasteiger partial charge in [0.1, 0.15) is 6.04 Å². The first-order valence-electron chi connectivity index (χ1n) is 10.6. The Morgan fingerprint density at radius 1 is 1.28 bits per heavy atom. The van der Waals surface area contributed by atoms with E-state index in [1.807, 2.05) is 43.6 Å². The van der Waals surface area contributed by atoms with E-state index in [2.05, 4.69) is 15.5 Å². The fraction of sp³-hybridized carbons (Fsp3) is 0.522. The van der Waals surface area contributed by atoms with Gasteiger partial charge in [0, 0.05) is 13.0 Å². The standard InChI is InChI=1S/C23H30N4O4S/c1-13(15-6-8-16(9-7-15)19-14(2)24-12-32-19)25-21(29)18-10-17(28)11-27(18)22(30)20(26-31)23(3,4)5/h6-9,12-13,17-18,20,28H,10-11H2,1-5H3,(H,25,29)/t13-,17+,18-,20+/m0/s1. The number of benzene rings is 1. The maximum absolute atomic E-state index is 13.0. The zero-order valence-corrected chi connectivity index (χ0v) is 19.8. The van der Waals surface area contributed by atoms with Crippen LogP contribution < -0.4 is 5.32 Å². The first-order chi connectivity index (χ1) is 15.0. The lowest BCUT2D eigenvalue weighted by molar-refractivity contribution is -0.141. The van der Waals surface area contributed by atoms with E-state index in [0.29, 0.717) is 0 Å². The van der Waals surface area contributed by atoms with Gasteiger partial charge >= 0.3 is 0 Å². The smallest absolute Gasteiger partial charge is 0.252 e. The van der Waals surface area contributed by atoms with Gasteiger partial charge in [-0.05, 0) is 30.4 Å². The number of thiazole rings is 1. The molecule has 8 nitrogen and oxygen atoms in total. The first kappa shape index (κ1) is 24.0. The predicted molar refractivity (Wildman–Crippen MR) is 124 cm³/mol. The van der Waals surface area contributed by atoms with Gasteiger partial charge in [-0.2, -0.15) is 0 Å². The summed E-state index contributed by atoms with van der Waals surface area (Å²) in [6, 6.07) is 5.65. The molecular weight excluding hydrogens is 428 g/mol. The van der Waals surface area contributed by atoms with Crippen molar-refractivity contribution < 1.29 is 14.7 Å². The molecule has 32 heavy (non-hydrogen) atoms. The SMILES string of the molecule is Cc1ncsc1-c1ccc([C@H](C)NC(=O)[C@@H]2C[C@@H](O)CN2C(=O)[C@@H](N=O)C(C)(C)C)cc1. The van der Waals surface area contributed by atoms with Gasteiger partial charge in [-0.25, -0.2) is 4.98 Å². The number of nitroso groups, excluding NO2 is 1. The summed E-state index contributed by atoms with van der Waals surface area (Å²) >= 11 is 1.58. The molecular formula is C23H30N4O4S. The fourth-order valence-electron chi connectivity index (χ4n) is 3.93. The number of hydrogen-bond acceptors (Lipinski definition) is 7. The molecule has 0 radical (unpaired) electrons. The minimum atomic E-state index is -1.12. The monoisotopic (exact) mass is 458 g/mol. The molecule has 0 aliphatic carbocycles. The summed E-state index contributed by atoms with van der Waals surface area (Å²) in [5.74, 6) is -0.885. The molecule has 9 heteroatoms. The summed E-state index contributed by atoms with van der Waals surface area (Å²) in [6.45, 7) is 9.09. The molecule has 1 aliphatic rings. The predicted octanol–water partition coefficient (Wildman–Crippen LogP) is 3.44. The fourth-order valence-corrected chi connectivity index (χ4v) is 4.74. The minimum absolute atomic E-state index is 0.0102. The number of hydrogen-bond donors (Lipinski definition) is 2. The van der Waals surface area contributed by atoms with Gasteiger partial charge in [0.25, 0.3) is 5.91 Å². The van der Waals surface area contributed by atoms with Gasteiger partial charge in [-0.3, -0.25) is 9.59 Å². The molecule has 1 aliphatic heterocycles. The summed E-state index contributed by atoms with van der Waals surface area (Å²) in [5, 5.41) is 16.1. The Morgan fingerprint density at radius 3 is 2.47 bits per heavy atom. The third-order valence-electron chi connectivity index (χ3n) is 5.80. The van der Waals surface area contributed by atoms with Crippen LogP contribution in [0.2, 0.25) is 0 Å². The normalized spacial score (nSPS) is 20.6. The highest BCUT2D eigenvalue weighted by atomic mass is 32.1. The minimum Gasteiger partial charge on any atom is -0.391 e. The zero-order chi connectivity index (χ0) is 23.6. The summed E-state index contributed by atoms with van der Waals surface area (Å²) in [5.41, 5.74) is 4.10. The lowest BCUT2D eigenvalue weighted by Crippen LogP contribution is -2.51. The average molecular weight is 459 g/mol. The van der Waals surface area contributed by atoms with E-state index in [1.165, 1.54) is 4.90 Å². The molecule has 1 aromatic carbocycles. The van der Waals surface area contributed by atoms with Crippen molar-refractivity contribution in [2.24, 2.45) is 10.6 Å². The molecule has 3 rings (SSSR count). The van der Waals surface area contributed by atoms with E-state index < -0.39 is 29.5 Å². The van der Waals surface area contributed by atoms with E-state index >= 15 is 0 Å². The molecule has 4 atom stereocenters. The number of β-amino-alcohol motifs (C(OH)–C–C–N with tert-alkyl or cyclic N) is 1. The number of aliphatic hydroxyl groups excluding tert-OH is 1. The average Bonchev–Trinajstić information content (AvgIpc) is 3.33. The maximum atomic E-state index is 13.0. The van der Waals surface area contributed by atoms with Crippen LogP contribution in [0.4, 0.5) is 0 Å². The van der Waals surface area contributed by atoms with Gasteiger partial charge in [-0.1, -0.05) is 50.2 Å². The van der Waals surface area contributed by atoms with Gasteiger partial charge in [0.05, 0.1) is 28.2 Å². The highest BCUT2D eigenvalue weighted by Crippen LogP contribution is 2.30. The topological polar surface area (TPSA) is 112 Å². The van der Waals surface area contributed by atoms with Crippen molar-refractivity contribution in [1.29, 1.82) is 0 Å². The molecule has 0 bridgehead atoms. The summed E-state index contributed by atoms with van der Waals surface area (Å²) in [7, 11) is 0. The molecule has 0 unspecified atom stereocenters. The van der Waals surface area contributed by atoms with Crippen LogP contribution in [-0.4, -0.2) is 51.5 Å². The van der Waals surface area contributed by atoms with Crippen molar-refractivity contribution in [2.75, 3.05) is 6.54 Å². The Morgan fingerprint density at radius 2 is 1.94 bits per heavy atom. The molecule has 172 valence electrons. The number of aryl methyl sites for hydroxylation is 1. The quantitative estimate of drug-likeness (QED) is 0.644. The van der Waals surface area contributed by atoms with Crippen LogP contribution >= 0.6 is 11.3 Å². The Kier molecular flexibility index (Phi) is 7.09. The second-order valence-electron chi connectivity index (χ2n) is 9.39. The van der Waals surface area contributed by atoms with Gasteiger partial charge in [0.15, 0.2) is 6.04 Å². The molecule has 2 aromatic rings. The first-order valence-corrected chi connectivity index (χ1v) is 11.5. The molecule has 1 fully saturated rings. The number of carbonyl (C=O) groups is 2. The number of aliphatic hydroxyl groups is 1. The second-order valence-corrected chi connectivity index (χ2v) is 10.2. The zero-order valence-electron chi connectivity index (χ0n) is 19.0. The van der Waals surface area contributed by atoms with E-state index in [-0.39, 0.29) is 24.9 Å². The van der Waals surface area contributed by atoms with Crippen molar-refractivity contribution in [1.82, 2.24) is 15.2 Å². The second kappa shape index (κ2) is 9.46. The number of nitrogens with zero attached hydrogens (tertiary/aromatic N) is 3. The number of nitrogens with one attached hydrogen (secondary N) is 1. The molecule has 2 N–H and O–H groups in total. The van der Waals surface area contributed by atoms with Crippen molar-refractivity contribution in [2.45, 2.75) is 65.3 Å². The third-order valence-corrected chi connectivity index (χ3v) is 6.78.